The third-order valence-electron chi connectivity index (χ3n) is 6.49. The summed E-state index contributed by atoms with van der Waals surface area (Å²) in [7, 11) is 0. The second kappa shape index (κ2) is 6.45. The molecule has 3 atom stereocenters. The number of nitrogens with zero attached hydrogens (tertiary/aromatic N) is 1. The Kier molecular flexibility index (Phi) is 5.25. The van der Waals surface area contributed by atoms with E-state index >= 15 is 0 Å². The Morgan fingerprint density at radius 3 is 2.43 bits per heavy atom. The maximum Gasteiger partial charge on any atom is 0.225 e. The summed E-state index contributed by atoms with van der Waals surface area (Å²) in [5.74, 6) is 1.92. The monoisotopic (exact) mass is 314 g/mol. The fraction of sp³-hybridized carbons (Fsp3) is 0.941. The Hall–Kier alpha value is -0.280. The summed E-state index contributed by atoms with van der Waals surface area (Å²) < 4.78 is 0. The molecule has 4 heteroatoms. The Balaban J connectivity index is 0.00000161. The van der Waals surface area contributed by atoms with Crippen LogP contribution in [-0.2, 0) is 4.79 Å². The SMILES string of the molecule is CCC1(C)CCN(C(=O)C2CC3CCCC(C2)C3N)C1.Cl. The van der Waals surface area contributed by atoms with Crippen LogP contribution < -0.4 is 5.73 Å². The van der Waals surface area contributed by atoms with Crippen molar-refractivity contribution in [1.82, 2.24) is 4.90 Å². The number of carbonyl (C=O) groups is 1. The molecule has 0 aromatic rings. The van der Waals surface area contributed by atoms with Crippen LogP contribution in [0, 0.1) is 23.2 Å². The van der Waals surface area contributed by atoms with Crippen LogP contribution in [0.1, 0.15) is 58.8 Å². The molecule has 2 aliphatic carbocycles. The fourth-order valence-corrected chi connectivity index (χ4v) is 4.75. The van der Waals surface area contributed by atoms with E-state index in [1.54, 1.807) is 0 Å². The molecule has 1 saturated heterocycles. The van der Waals surface area contributed by atoms with Crippen LogP contribution in [0.15, 0.2) is 0 Å². The van der Waals surface area contributed by atoms with E-state index in [0.717, 1.165) is 25.9 Å². The number of rotatable bonds is 2. The summed E-state index contributed by atoms with van der Waals surface area (Å²) in [5.41, 5.74) is 6.70. The van der Waals surface area contributed by atoms with Crippen molar-refractivity contribution < 1.29 is 4.79 Å². The standard InChI is InChI=1S/C17H30N2O.ClH/c1-3-17(2)7-8-19(11-17)16(20)14-9-12-5-4-6-13(10-14)15(12)18;/h12-15H,3-11,18H2,1-2H3;1H. The molecule has 0 radical (unpaired) electrons. The Morgan fingerprint density at radius 1 is 1.29 bits per heavy atom. The van der Waals surface area contributed by atoms with Crippen molar-refractivity contribution in [3.8, 4) is 0 Å². The van der Waals surface area contributed by atoms with Gasteiger partial charge in [0.05, 0.1) is 0 Å². The quantitative estimate of drug-likeness (QED) is 0.850. The molecule has 2 saturated carbocycles. The van der Waals surface area contributed by atoms with Crippen LogP contribution in [0.4, 0.5) is 0 Å². The number of halogens is 1. The number of likely N-dealkylation sites (tertiary alicyclic amines) is 1. The molecule has 1 heterocycles. The number of hydrogen-bond donors (Lipinski definition) is 1. The molecule has 0 aromatic carbocycles. The summed E-state index contributed by atoms with van der Waals surface area (Å²) in [4.78, 5) is 15.0. The molecule has 1 amide bonds. The van der Waals surface area contributed by atoms with Crippen LogP contribution in [0.25, 0.3) is 0 Å². The largest absolute Gasteiger partial charge is 0.342 e. The highest BCUT2D eigenvalue weighted by Crippen LogP contribution is 2.43. The lowest BCUT2D eigenvalue weighted by Gasteiger charge is -2.44. The van der Waals surface area contributed by atoms with E-state index in [1.807, 2.05) is 0 Å². The minimum absolute atomic E-state index is 0. The van der Waals surface area contributed by atoms with Gasteiger partial charge in [0.2, 0.25) is 5.91 Å². The number of fused-ring (bicyclic) bond motifs is 2. The van der Waals surface area contributed by atoms with Gasteiger partial charge in [0.1, 0.15) is 0 Å². The van der Waals surface area contributed by atoms with Gasteiger partial charge >= 0.3 is 0 Å². The average molecular weight is 315 g/mol. The minimum Gasteiger partial charge on any atom is -0.342 e. The number of hydrogen-bond acceptors (Lipinski definition) is 2. The van der Waals surface area contributed by atoms with Crippen molar-refractivity contribution in [1.29, 1.82) is 0 Å². The summed E-state index contributed by atoms with van der Waals surface area (Å²) in [5, 5.41) is 0. The molecular formula is C17H31ClN2O. The maximum atomic E-state index is 12.8. The van der Waals surface area contributed by atoms with Gasteiger partial charge in [-0.05, 0) is 55.8 Å². The fourth-order valence-electron chi connectivity index (χ4n) is 4.75. The number of nitrogens with two attached hydrogens (primary N) is 1. The third-order valence-corrected chi connectivity index (χ3v) is 6.49. The molecule has 122 valence electrons. The summed E-state index contributed by atoms with van der Waals surface area (Å²) >= 11 is 0. The van der Waals surface area contributed by atoms with Crippen LogP contribution >= 0.6 is 12.4 Å². The molecule has 2 N–H and O–H groups in total. The molecule has 3 unspecified atom stereocenters. The van der Waals surface area contributed by atoms with E-state index < -0.39 is 0 Å². The lowest BCUT2D eigenvalue weighted by Crippen LogP contribution is -2.49. The van der Waals surface area contributed by atoms with Gasteiger partial charge in [0.15, 0.2) is 0 Å². The van der Waals surface area contributed by atoms with Gasteiger partial charge in [-0.25, -0.2) is 0 Å². The van der Waals surface area contributed by atoms with Gasteiger partial charge in [0, 0.05) is 25.0 Å². The van der Waals surface area contributed by atoms with E-state index in [9.17, 15) is 4.79 Å². The number of amides is 1. The van der Waals surface area contributed by atoms with Crippen molar-refractivity contribution in [2.75, 3.05) is 13.1 Å². The Morgan fingerprint density at radius 2 is 1.90 bits per heavy atom. The molecule has 2 bridgehead atoms. The molecule has 3 fully saturated rings. The van der Waals surface area contributed by atoms with E-state index in [4.69, 9.17) is 5.73 Å². The highest BCUT2D eigenvalue weighted by atomic mass is 35.5. The zero-order chi connectivity index (χ0) is 14.3. The van der Waals surface area contributed by atoms with E-state index in [1.165, 1.54) is 32.1 Å². The second-order valence-electron chi connectivity index (χ2n) is 7.87. The molecule has 1 aliphatic heterocycles. The first-order valence-electron chi connectivity index (χ1n) is 8.57. The first-order chi connectivity index (χ1) is 9.52. The van der Waals surface area contributed by atoms with Crippen LogP contribution in [-0.4, -0.2) is 29.9 Å². The first kappa shape index (κ1) is 17.1. The smallest absolute Gasteiger partial charge is 0.225 e. The van der Waals surface area contributed by atoms with Crippen molar-refractivity contribution in [3.63, 3.8) is 0 Å². The topological polar surface area (TPSA) is 46.3 Å². The molecule has 3 nitrogen and oxygen atoms in total. The van der Waals surface area contributed by atoms with Crippen molar-refractivity contribution in [2.24, 2.45) is 28.9 Å². The van der Waals surface area contributed by atoms with Gasteiger partial charge in [-0.15, -0.1) is 12.4 Å². The van der Waals surface area contributed by atoms with Gasteiger partial charge in [-0.3, -0.25) is 4.79 Å². The van der Waals surface area contributed by atoms with Gasteiger partial charge in [-0.2, -0.15) is 0 Å². The molecule has 3 rings (SSSR count). The Bertz CT molecular complexity index is 375. The van der Waals surface area contributed by atoms with E-state index in [-0.39, 0.29) is 18.3 Å². The highest BCUT2D eigenvalue weighted by Gasteiger charge is 2.43. The predicted molar refractivity (Wildman–Crippen MR) is 88.4 cm³/mol. The molecular weight excluding hydrogens is 284 g/mol. The zero-order valence-corrected chi connectivity index (χ0v) is 14.3. The summed E-state index contributed by atoms with van der Waals surface area (Å²) in [6.45, 7) is 6.52. The van der Waals surface area contributed by atoms with Crippen molar-refractivity contribution in [2.45, 2.75) is 64.8 Å². The van der Waals surface area contributed by atoms with E-state index in [0.29, 0.717) is 29.2 Å². The Labute approximate surface area is 135 Å². The van der Waals surface area contributed by atoms with Gasteiger partial charge < -0.3 is 10.6 Å². The van der Waals surface area contributed by atoms with Crippen molar-refractivity contribution in [3.05, 3.63) is 0 Å². The van der Waals surface area contributed by atoms with Crippen LogP contribution in [0.2, 0.25) is 0 Å². The summed E-state index contributed by atoms with van der Waals surface area (Å²) in [6, 6.07) is 0.368. The molecule has 0 spiro atoms. The van der Waals surface area contributed by atoms with Gasteiger partial charge in [-0.1, -0.05) is 20.3 Å². The molecule has 0 aromatic heterocycles. The van der Waals surface area contributed by atoms with Crippen molar-refractivity contribution >= 4 is 18.3 Å². The van der Waals surface area contributed by atoms with Crippen LogP contribution in [0.5, 0.6) is 0 Å². The van der Waals surface area contributed by atoms with E-state index in [2.05, 4.69) is 18.7 Å². The second-order valence-corrected chi connectivity index (χ2v) is 7.87. The lowest BCUT2D eigenvalue weighted by atomic mass is 9.65. The lowest BCUT2D eigenvalue weighted by molar-refractivity contribution is -0.138. The van der Waals surface area contributed by atoms with Gasteiger partial charge in [0.25, 0.3) is 0 Å². The molecule has 21 heavy (non-hydrogen) atoms. The molecule has 3 aliphatic rings. The minimum atomic E-state index is 0. The maximum absolute atomic E-state index is 12.8. The summed E-state index contributed by atoms with van der Waals surface area (Å²) in [6.07, 6.45) is 8.27. The average Bonchev–Trinajstić information content (AvgIpc) is 2.81. The normalized spacial score (nSPS) is 42.5. The predicted octanol–water partition coefficient (Wildman–Crippen LogP) is 3.21. The first-order valence-corrected chi connectivity index (χ1v) is 8.57. The third kappa shape index (κ3) is 3.24. The number of carbonyl (C=O) groups excluding carboxylic acids is 1. The zero-order valence-electron chi connectivity index (χ0n) is 13.5. The van der Waals surface area contributed by atoms with Crippen LogP contribution in [0.3, 0.4) is 0 Å². The highest BCUT2D eigenvalue weighted by molar-refractivity contribution is 5.85.